The molecule has 1 amide bonds. The Hall–Kier alpha value is -4.76. The second-order valence-electron chi connectivity index (χ2n) is 18.5. The first-order valence-corrected chi connectivity index (χ1v) is 21.7. The Morgan fingerprint density at radius 3 is 2.46 bits per heavy atom. The number of hydrogen-bond donors (Lipinski definition) is 3. The van der Waals surface area contributed by atoms with Crippen LogP contribution < -0.4 is 9.64 Å². The molecular formula is C47H58N4O10. The van der Waals surface area contributed by atoms with Gasteiger partial charge in [0, 0.05) is 78.2 Å². The number of benzene rings is 2. The standard InChI is InChI=1S/C47H58N4O10/c1-7-43(56)22-29-23-45(24-37(54)59-5,38-31(14-18-49(25-29)26-43)30-12-9-10-13-34(30)48-38)33-20-32-35(21-36(33)58-4)51(27-52)40-46(32)16-19-50-17-11-15-44(8-2,39(46)50)41(61-28(3)53)47(40,57)42(55)60-6/h9-13,15,20-21,27,29,39-41,48,56-57H,7-8,14,16-19,22-26H2,1-6H3/t29?,39-,40+,41+,43-,44+,45-,46+,47-/m0/s1. The van der Waals surface area contributed by atoms with Crippen molar-refractivity contribution in [2.45, 2.75) is 106 Å². The third kappa shape index (κ3) is 5.67. The SMILES string of the molecule is CC[C@]1(O)CC2CN(CCc3c([nH]c4ccccc34)[C@@](CC(=O)OC)(c3cc4c(cc3OC)N(C=O)[C@H]3[C@@](O)(C(=O)OC)[C@H](OC(C)=O)[C@]5(CC)C=CCN6CC[C@]43[C@@H]65)C2)C1. The van der Waals surface area contributed by atoms with Crippen LogP contribution in [0.5, 0.6) is 5.75 Å². The van der Waals surface area contributed by atoms with Crippen molar-refractivity contribution in [2.75, 3.05) is 59.0 Å². The molecule has 3 fully saturated rings. The van der Waals surface area contributed by atoms with E-state index in [4.69, 9.17) is 18.9 Å². The van der Waals surface area contributed by atoms with E-state index in [9.17, 15) is 29.4 Å². The number of H-pyrrole nitrogens is 1. The fourth-order valence-corrected chi connectivity index (χ4v) is 13.6. The van der Waals surface area contributed by atoms with Crippen LogP contribution in [0.15, 0.2) is 48.6 Å². The molecule has 9 rings (SSSR count). The van der Waals surface area contributed by atoms with Gasteiger partial charge in [-0.1, -0.05) is 44.2 Å². The number of aliphatic hydroxyl groups is 2. The Morgan fingerprint density at radius 1 is 0.984 bits per heavy atom. The molecule has 3 N–H and O–H groups in total. The summed E-state index contributed by atoms with van der Waals surface area (Å²) in [5.74, 6) is -1.76. The van der Waals surface area contributed by atoms with Gasteiger partial charge in [-0.05, 0) is 74.2 Å². The quantitative estimate of drug-likeness (QED) is 0.123. The number of piperidine rings is 1. The van der Waals surface area contributed by atoms with Crippen molar-refractivity contribution < 1.29 is 48.3 Å². The lowest BCUT2D eigenvalue weighted by atomic mass is 9.47. The van der Waals surface area contributed by atoms with Gasteiger partial charge >= 0.3 is 17.9 Å². The molecule has 1 spiro atoms. The molecule has 14 nitrogen and oxygen atoms in total. The Bertz CT molecular complexity index is 2330. The zero-order valence-electron chi connectivity index (χ0n) is 36.0. The van der Waals surface area contributed by atoms with E-state index in [1.165, 1.54) is 26.0 Å². The first kappa shape index (κ1) is 41.6. The number of nitrogens with one attached hydrogen (secondary N) is 1. The average molecular weight is 839 g/mol. The van der Waals surface area contributed by atoms with E-state index in [2.05, 4.69) is 26.9 Å². The lowest BCUT2D eigenvalue weighted by Gasteiger charge is -2.63. The van der Waals surface area contributed by atoms with Crippen molar-refractivity contribution in [2.24, 2.45) is 11.3 Å². The molecule has 2 aromatic carbocycles. The van der Waals surface area contributed by atoms with E-state index in [-0.39, 0.29) is 12.3 Å². The molecular weight excluding hydrogens is 781 g/mol. The third-order valence-electron chi connectivity index (χ3n) is 15.8. The van der Waals surface area contributed by atoms with Crippen LogP contribution in [0.1, 0.15) is 81.7 Å². The molecule has 326 valence electrons. The fraction of sp³-hybridized carbons (Fsp3) is 0.574. The average Bonchev–Trinajstić information content (AvgIpc) is 3.93. The van der Waals surface area contributed by atoms with Crippen LogP contribution in [-0.2, 0) is 50.6 Å². The first-order chi connectivity index (χ1) is 29.2. The lowest BCUT2D eigenvalue weighted by molar-refractivity contribution is -0.228. The van der Waals surface area contributed by atoms with E-state index in [0.717, 1.165) is 34.3 Å². The van der Waals surface area contributed by atoms with E-state index in [1.807, 2.05) is 50.3 Å². The number of nitrogens with zero attached hydrogens (tertiary/aromatic N) is 3. The number of carbonyl (C=O) groups excluding carboxylic acids is 4. The number of anilines is 1. The number of esters is 3. The predicted octanol–water partition coefficient (Wildman–Crippen LogP) is 3.91. The number of hydrogen-bond acceptors (Lipinski definition) is 12. The number of fused-ring (bicyclic) bond motifs is 6. The summed E-state index contributed by atoms with van der Waals surface area (Å²) in [6, 6.07) is 10.3. The van der Waals surface area contributed by atoms with Crippen LogP contribution in [0.2, 0.25) is 0 Å². The van der Waals surface area contributed by atoms with Crippen molar-refractivity contribution in [1.29, 1.82) is 0 Å². The number of carbonyl (C=O) groups is 4. The van der Waals surface area contributed by atoms with Crippen molar-refractivity contribution >= 4 is 40.9 Å². The number of amides is 1. The third-order valence-corrected chi connectivity index (χ3v) is 15.8. The van der Waals surface area contributed by atoms with E-state index in [0.29, 0.717) is 88.1 Å². The Labute approximate surface area is 356 Å². The number of ether oxygens (including phenoxy) is 4. The fourth-order valence-electron chi connectivity index (χ4n) is 13.6. The summed E-state index contributed by atoms with van der Waals surface area (Å²) in [4.78, 5) is 65.3. The van der Waals surface area contributed by atoms with Gasteiger partial charge in [0.15, 0.2) is 6.10 Å². The molecule has 1 saturated carbocycles. The van der Waals surface area contributed by atoms with Gasteiger partial charge < -0.3 is 39.0 Å². The lowest BCUT2D eigenvalue weighted by Crippen LogP contribution is -2.81. The number of aromatic amines is 1. The molecule has 5 aliphatic heterocycles. The van der Waals surface area contributed by atoms with Gasteiger partial charge in [0.1, 0.15) is 5.75 Å². The molecule has 14 heteroatoms. The highest BCUT2D eigenvalue weighted by atomic mass is 16.6. The monoisotopic (exact) mass is 838 g/mol. The van der Waals surface area contributed by atoms with Crippen LogP contribution in [0.25, 0.3) is 10.9 Å². The molecule has 0 radical (unpaired) electrons. The van der Waals surface area contributed by atoms with Gasteiger partial charge in [0.2, 0.25) is 12.0 Å². The second-order valence-corrected chi connectivity index (χ2v) is 18.5. The molecule has 3 aromatic rings. The Balaban J connectivity index is 1.38. The van der Waals surface area contributed by atoms with Gasteiger partial charge in [-0.2, -0.15) is 0 Å². The maximum absolute atomic E-state index is 14.4. The number of aromatic nitrogens is 1. The molecule has 61 heavy (non-hydrogen) atoms. The van der Waals surface area contributed by atoms with Gasteiger partial charge in [-0.15, -0.1) is 0 Å². The largest absolute Gasteiger partial charge is 0.496 e. The number of rotatable bonds is 9. The van der Waals surface area contributed by atoms with E-state index >= 15 is 0 Å². The van der Waals surface area contributed by atoms with Crippen LogP contribution in [0.4, 0.5) is 5.69 Å². The highest BCUT2D eigenvalue weighted by Gasteiger charge is 2.81. The topological polar surface area (TPSA) is 171 Å². The van der Waals surface area contributed by atoms with Gasteiger partial charge in [0.25, 0.3) is 0 Å². The summed E-state index contributed by atoms with van der Waals surface area (Å²) >= 11 is 0. The summed E-state index contributed by atoms with van der Waals surface area (Å²) in [7, 11) is 4.14. The Kier molecular flexibility index (Phi) is 10.0. The van der Waals surface area contributed by atoms with Crippen LogP contribution in [-0.4, -0.2) is 133 Å². The van der Waals surface area contributed by atoms with Crippen LogP contribution >= 0.6 is 0 Å². The zero-order valence-corrected chi connectivity index (χ0v) is 36.0. The van der Waals surface area contributed by atoms with Gasteiger partial charge in [-0.25, -0.2) is 4.79 Å². The maximum atomic E-state index is 14.4. The molecule has 2 saturated heterocycles. The normalized spacial score (nSPS) is 36.1. The van der Waals surface area contributed by atoms with Gasteiger partial charge in [0.05, 0.1) is 50.5 Å². The minimum absolute atomic E-state index is 0.0576. The van der Waals surface area contributed by atoms with Crippen molar-refractivity contribution in [3.63, 3.8) is 0 Å². The van der Waals surface area contributed by atoms with Crippen LogP contribution in [0.3, 0.4) is 0 Å². The molecule has 1 aliphatic carbocycles. The highest BCUT2D eigenvalue weighted by molar-refractivity contribution is 5.93. The summed E-state index contributed by atoms with van der Waals surface area (Å²) in [6.07, 6.45) is 6.20. The summed E-state index contributed by atoms with van der Waals surface area (Å²) in [5, 5.41) is 26.4. The van der Waals surface area contributed by atoms with E-state index in [1.54, 1.807) is 7.11 Å². The summed E-state index contributed by atoms with van der Waals surface area (Å²) in [5.41, 5.74) is -2.01. The molecule has 6 aliphatic rings. The first-order valence-electron chi connectivity index (χ1n) is 21.7. The second kappa shape index (κ2) is 14.7. The van der Waals surface area contributed by atoms with Crippen molar-refractivity contribution in [3.05, 3.63) is 70.9 Å². The molecule has 1 aromatic heterocycles. The predicted molar refractivity (Wildman–Crippen MR) is 225 cm³/mol. The van der Waals surface area contributed by atoms with E-state index < -0.39 is 63.5 Å². The molecule has 2 unspecified atom stereocenters. The Morgan fingerprint density at radius 2 is 1.77 bits per heavy atom. The number of methoxy groups -OCH3 is 3. The van der Waals surface area contributed by atoms with Crippen molar-refractivity contribution in [1.82, 2.24) is 14.8 Å². The number of para-hydroxylation sites is 1. The molecule has 6 heterocycles. The molecule has 2 bridgehead atoms. The van der Waals surface area contributed by atoms with Crippen molar-refractivity contribution in [3.8, 4) is 5.75 Å². The molecule has 10 atom stereocenters. The minimum Gasteiger partial charge on any atom is -0.496 e. The highest BCUT2D eigenvalue weighted by Crippen LogP contribution is 2.68. The summed E-state index contributed by atoms with van der Waals surface area (Å²) in [6.45, 7) is 8.36. The van der Waals surface area contributed by atoms with Gasteiger partial charge in [-0.3, -0.25) is 24.2 Å². The zero-order chi connectivity index (χ0) is 43.3. The van der Waals surface area contributed by atoms with Crippen LogP contribution in [0, 0.1) is 11.3 Å². The maximum Gasteiger partial charge on any atom is 0.344 e. The minimum atomic E-state index is -2.51. The summed E-state index contributed by atoms with van der Waals surface area (Å²) < 4.78 is 23.4. The smallest absolute Gasteiger partial charge is 0.344 e.